The van der Waals surface area contributed by atoms with Crippen LogP contribution in [-0.2, 0) is 14.8 Å². The number of carbonyl (C=O) groups excluding carboxylic acids is 2. The molecule has 1 aromatic carbocycles. The van der Waals surface area contributed by atoms with Gasteiger partial charge in [0.15, 0.2) is 0 Å². The van der Waals surface area contributed by atoms with Gasteiger partial charge in [0.25, 0.3) is 11.8 Å². The number of amides is 2. The van der Waals surface area contributed by atoms with Gasteiger partial charge in [-0.3, -0.25) is 29.7 Å². The third-order valence-corrected chi connectivity index (χ3v) is 4.41. The Morgan fingerprint density at radius 1 is 1.08 bits per heavy atom. The van der Waals surface area contributed by atoms with Crippen molar-refractivity contribution in [2.24, 2.45) is 0 Å². The van der Waals surface area contributed by atoms with Crippen LogP contribution in [-0.4, -0.2) is 38.0 Å². The molecule has 0 saturated heterocycles. The third kappa shape index (κ3) is 5.01. The number of para-hydroxylation sites is 1. The van der Waals surface area contributed by atoms with E-state index < -0.39 is 28.4 Å². The number of hydrazine groups is 1. The molecule has 0 bridgehead atoms. The minimum Gasteiger partial charge on any atom is -0.271 e. The summed E-state index contributed by atoms with van der Waals surface area (Å²) in [6.07, 6.45) is 2.46. The maximum Gasteiger partial charge on any atom is 0.288 e. The summed E-state index contributed by atoms with van der Waals surface area (Å²) in [4.78, 5) is 27.8. The van der Waals surface area contributed by atoms with E-state index in [9.17, 15) is 18.0 Å². The number of aromatic nitrogens is 1. The summed E-state index contributed by atoms with van der Waals surface area (Å²) in [6.45, 7) is 1.28. The fourth-order valence-electron chi connectivity index (χ4n) is 2.08. The Labute approximate surface area is 145 Å². The fraction of sp³-hybridized carbons (Fsp3) is 0.188. The first-order valence-electron chi connectivity index (χ1n) is 7.32. The lowest BCUT2D eigenvalue weighted by Gasteiger charge is -2.23. The van der Waals surface area contributed by atoms with Gasteiger partial charge in [0.05, 0.1) is 11.9 Å². The van der Waals surface area contributed by atoms with E-state index in [1.54, 1.807) is 43.3 Å². The number of pyridine rings is 1. The summed E-state index contributed by atoms with van der Waals surface area (Å²) in [5, 5.41) is 0. The standard InChI is InChI=1S/C16H18N4O4S/c1-12-7-3-4-9-14(12)20(25(2,23)24)11-15(21)18-19-16(22)13-8-5-6-10-17-13/h3-10H,11H2,1-2H3,(H,18,21)(H,19,22). The number of anilines is 1. The summed E-state index contributed by atoms with van der Waals surface area (Å²) in [5.41, 5.74) is 5.62. The number of nitrogens with one attached hydrogen (secondary N) is 2. The maximum absolute atomic E-state index is 12.1. The molecular weight excluding hydrogens is 344 g/mol. The molecule has 0 saturated carbocycles. The topological polar surface area (TPSA) is 108 Å². The molecule has 2 amide bonds. The van der Waals surface area contributed by atoms with Gasteiger partial charge in [-0.05, 0) is 30.7 Å². The van der Waals surface area contributed by atoms with Gasteiger partial charge in [-0.15, -0.1) is 0 Å². The molecule has 0 unspecified atom stereocenters. The monoisotopic (exact) mass is 362 g/mol. The number of nitrogens with zero attached hydrogens (tertiary/aromatic N) is 2. The van der Waals surface area contributed by atoms with Crippen LogP contribution in [0.4, 0.5) is 5.69 Å². The predicted molar refractivity (Wildman–Crippen MR) is 93.2 cm³/mol. The smallest absolute Gasteiger partial charge is 0.271 e. The molecule has 132 valence electrons. The van der Waals surface area contributed by atoms with E-state index in [0.717, 1.165) is 10.6 Å². The maximum atomic E-state index is 12.1. The first kappa shape index (κ1) is 18.4. The van der Waals surface area contributed by atoms with Crippen LogP contribution in [0.25, 0.3) is 0 Å². The van der Waals surface area contributed by atoms with Crippen molar-refractivity contribution in [3.8, 4) is 0 Å². The Morgan fingerprint density at radius 3 is 2.36 bits per heavy atom. The van der Waals surface area contributed by atoms with E-state index >= 15 is 0 Å². The van der Waals surface area contributed by atoms with Crippen molar-refractivity contribution in [2.75, 3.05) is 17.1 Å². The zero-order chi connectivity index (χ0) is 18.4. The average Bonchev–Trinajstić information content (AvgIpc) is 2.58. The number of rotatable bonds is 5. The molecule has 1 heterocycles. The van der Waals surface area contributed by atoms with Crippen molar-refractivity contribution in [1.82, 2.24) is 15.8 Å². The Hall–Kier alpha value is -2.94. The molecule has 2 aromatic rings. The lowest BCUT2D eigenvalue weighted by molar-refractivity contribution is -0.120. The van der Waals surface area contributed by atoms with E-state index in [-0.39, 0.29) is 5.69 Å². The van der Waals surface area contributed by atoms with Gasteiger partial charge >= 0.3 is 0 Å². The molecule has 8 nitrogen and oxygen atoms in total. The van der Waals surface area contributed by atoms with Gasteiger partial charge < -0.3 is 0 Å². The van der Waals surface area contributed by atoms with Crippen molar-refractivity contribution >= 4 is 27.5 Å². The van der Waals surface area contributed by atoms with Crippen LogP contribution >= 0.6 is 0 Å². The van der Waals surface area contributed by atoms with Crippen molar-refractivity contribution in [1.29, 1.82) is 0 Å². The lowest BCUT2D eigenvalue weighted by atomic mass is 10.2. The number of carbonyl (C=O) groups is 2. The fourth-order valence-corrected chi connectivity index (χ4v) is 3.00. The molecule has 0 aliphatic heterocycles. The second-order valence-corrected chi connectivity index (χ2v) is 7.18. The Morgan fingerprint density at radius 2 is 1.76 bits per heavy atom. The third-order valence-electron chi connectivity index (χ3n) is 3.28. The molecular formula is C16H18N4O4S. The van der Waals surface area contributed by atoms with Crippen molar-refractivity contribution in [3.63, 3.8) is 0 Å². The molecule has 0 fully saturated rings. The van der Waals surface area contributed by atoms with Crippen LogP contribution in [0.5, 0.6) is 0 Å². The second-order valence-electron chi connectivity index (χ2n) is 5.27. The highest BCUT2D eigenvalue weighted by Gasteiger charge is 2.22. The summed E-state index contributed by atoms with van der Waals surface area (Å²) < 4.78 is 25.0. The normalized spacial score (nSPS) is 10.8. The molecule has 9 heteroatoms. The predicted octanol–water partition coefficient (Wildman–Crippen LogP) is 0.617. The number of benzene rings is 1. The first-order valence-corrected chi connectivity index (χ1v) is 9.17. The van der Waals surface area contributed by atoms with Gasteiger partial charge in [-0.25, -0.2) is 8.42 Å². The second kappa shape index (κ2) is 7.75. The Bertz CT molecular complexity index is 869. The van der Waals surface area contributed by atoms with Crippen molar-refractivity contribution in [3.05, 3.63) is 59.9 Å². The number of hydrogen-bond donors (Lipinski definition) is 2. The summed E-state index contributed by atoms with van der Waals surface area (Å²) in [6, 6.07) is 11.6. The van der Waals surface area contributed by atoms with E-state index in [2.05, 4.69) is 15.8 Å². The van der Waals surface area contributed by atoms with Crippen molar-refractivity contribution < 1.29 is 18.0 Å². The van der Waals surface area contributed by atoms with Crippen LogP contribution < -0.4 is 15.2 Å². The Kier molecular flexibility index (Phi) is 5.71. The largest absolute Gasteiger partial charge is 0.288 e. The molecule has 2 rings (SSSR count). The van der Waals surface area contributed by atoms with E-state index in [1.807, 2.05) is 0 Å². The SMILES string of the molecule is Cc1ccccc1N(CC(=O)NNC(=O)c1ccccn1)S(C)(=O)=O. The quantitative estimate of drug-likeness (QED) is 0.758. The van der Waals surface area contributed by atoms with Crippen LogP contribution in [0, 0.1) is 6.92 Å². The minimum absolute atomic E-state index is 0.127. The Balaban J connectivity index is 2.06. The molecule has 0 radical (unpaired) electrons. The van der Waals surface area contributed by atoms with Gasteiger partial charge in [0.1, 0.15) is 12.2 Å². The van der Waals surface area contributed by atoms with Crippen LogP contribution in [0.1, 0.15) is 16.1 Å². The molecule has 1 aromatic heterocycles. The summed E-state index contributed by atoms with van der Waals surface area (Å²) in [7, 11) is -3.68. The van der Waals surface area contributed by atoms with Gasteiger partial charge in [-0.1, -0.05) is 24.3 Å². The summed E-state index contributed by atoms with van der Waals surface area (Å²) in [5.74, 6) is -1.28. The van der Waals surface area contributed by atoms with Crippen LogP contribution in [0.15, 0.2) is 48.7 Å². The summed E-state index contributed by atoms with van der Waals surface area (Å²) >= 11 is 0. The molecule has 0 aliphatic carbocycles. The molecule has 25 heavy (non-hydrogen) atoms. The number of aryl methyl sites for hydroxylation is 1. The van der Waals surface area contributed by atoms with E-state index in [0.29, 0.717) is 11.3 Å². The molecule has 0 aliphatic rings. The van der Waals surface area contributed by atoms with Gasteiger partial charge in [-0.2, -0.15) is 0 Å². The highest BCUT2D eigenvalue weighted by Crippen LogP contribution is 2.21. The first-order chi connectivity index (χ1) is 11.8. The van der Waals surface area contributed by atoms with Gasteiger partial charge in [0.2, 0.25) is 10.0 Å². The van der Waals surface area contributed by atoms with Crippen LogP contribution in [0.2, 0.25) is 0 Å². The average molecular weight is 362 g/mol. The van der Waals surface area contributed by atoms with Gasteiger partial charge in [0, 0.05) is 6.20 Å². The molecule has 0 atom stereocenters. The lowest BCUT2D eigenvalue weighted by Crippen LogP contribution is -2.48. The van der Waals surface area contributed by atoms with Crippen molar-refractivity contribution in [2.45, 2.75) is 6.92 Å². The highest BCUT2D eigenvalue weighted by molar-refractivity contribution is 7.92. The highest BCUT2D eigenvalue weighted by atomic mass is 32.2. The van der Waals surface area contributed by atoms with Crippen LogP contribution in [0.3, 0.4) is 0 Å². The molecule has 2 N–H and O–H groups in total. The number of hydrogen-bond acceptors (Lipinski definition) is 5. The number of sulfonamides is 1. The zero-order valence-corrected chi connectivity index (χ0v) is 14.6. The van der Waals surface area contributed by atoms with E-state index in [1.165, 1.54) is 12.3 Å². The van der Waals surface area contributed by atoms with E-state index in [4.69, 9.17) is 0 Å². The minimum atomic E-state index is -3.68. The molecule has 0 spiro atoms. The zero-order valence-electron chi connectivity index (χ0n) is 13.8.